The Labute approximate surface area is 120 Å². The normalized spacial score (nSPS) is 18.7. The first-order valence-corrected chi connectivity index (χ1v) is 7.25. The van der Waals surface area contributed by atoms with Crippen molar-refractivity contribution in [1.82, 2.24) is 5.32 Å². The van der Waals surface area contributed by atoms with E-state index in [1.807, 2.05) is 30.3 Å². The van der Waals surface area contributed by atoms with Crippen LogP contribution in [0.2, 0.25) is 0 Å². The fourth-order valence-electron chi connectivity index (χ4n) is 2.48. The molecule has 2 rings (SSSR count). The Morgan fingerprint density at radius 3 is 2.65 bits per heavy atom. The lowest BCUT2D eigenvalue weighted by Gasteiger charge is -2.23. The van der Waals surface area contributed by atoms with Crippen LogP contribution in [-0.4, -0.2) is 29.3 Å². The van der Waals surface area contributed by atoms with Crippen LogP contribution in [0, 0.1) is 0 Å². The summed E-state index contributed by atoms with van der Waals surface area (Å²) in [6.07, 6.45) is 3.10. The Hall–Kier alpha value is -1.39. The third kappa shape index (κ3) is 4.32. The molecule has 1 aromatic carbocycles. The Morgan fingerprint density at radius 1 is 1.35 bits per heavy atom. The maximum absolute atomic E-state index is 11.9. The van der Waals surface area contributed by atoms with Crippen molar-refractivity contribution in [1.29, 1.82) is 0 Å². The van der Waals surface area contributed by atoms with Crippen LogP contribution in [0.1, 0.15) is 38.2 Å². The van der Waals surface area contributed by atoms with E-state index >= 15 is 0 Å². The van der Waals surface area contributed by atoms with Crippen LogP contribution in [0.3, 0.4) is 0 Å². The van der Waals surface area contributed by atoms with Gasteiger partial charge < -0.3 is 15.2 Å². The number of nitrogens with one attached hydrogen (secondary N) is 1. The molecule has 20 heavy (non-hydrogen) atoms. The molecular weight excluding hydrogens is 254 g/mol. The van der Waals surface area contributed by atoms with Crippen LogP contribution in [0.25, 0.3) is 0 Å². The monoisotopic (exact) mass is 277 g/mol. The highest BCUT2D eigenvalue weighted by molar-refractivity contribution is 5.80. The van der Waals surface area contributed by atoms with Crippen molar-refractivity contribution in [2.45, 2.75) is 50.9 Å². The molecule has 1 unspecified atom stereocenters. The molecule has 1 atom stereocenters. The molecule has 1 aromatic rings. The number of carbonyl (C=O) groups is 1. The van der Waals surface area contributed by atoms with Crippen molar-refractivity contribution >= 4 is 5.91 Å². The van der Waals surface area contributed by atoms with Crippen molar-refractivity contribution in [3.8, 4) is 0 Å². The SMILES string of the molecule is CC(OCc1ccccc1)C(=O)NCC1(O)CCCC1. The van der Waals surface area contributed by atoms with E-state index in [1.54, 1.807) is 6.92 Å². The standard InChI is InChI=1S/C16H23NO3/c1-13(20-11-14-7-3-2-4-8-14)15(18)17-12-16(19)9-5-6-10-16/h2-4,7-8,13,19H,5-6,9-12H2,1H3,(H,17,18). The van der Waals surface area contributed by atoms with E-state index in [-0.39, 0.29) is 5.91 Å². The van der Waals surface area contributed by atoms with Crippen molar-refractivity contribution < 1.29 is 14.6 Å². The van der Waals surface area contributed by atoms with Gasteiger partial charge in [0.1, 0.15) is 6.10 Å². The van der Waals surface area contributed by atoms with E-state index in [1.165, 1.54) is 0 Å². The number of ether oxygens (including phenoxy) is 1. The highest BCUT2D eigenvalue weighted by atomic mass is 16.5. The zero-order chi connectivity index (χ0) is 14.4. The zero-order valence-electron chi connectivity index (χ0n) is 12.0. The van der Waals surface area contributed by atoms with Gasteiger partial charge in [0.2, 0.25) is 5.91 Å². The number of hydrogen-bond donors (Lipinski definition) is 2. The van der Waals surface area contributed by atoms with Crippen LogP contribution < -0.4 is 5.32 Å². The van der Waals surface area contributed by atoms with E-state index in [0.717, 1.165) is 31.2 Å². The molecule has 4 nitrogen and oxygen atoms in total. The average molecular weight is 277 g/mol. The summed E-state index contributed by atoms with van der Waals surface area (Å²) in [4.78, 5) is 11.9. The van der Waals surface area contributed by atoms with Gasteiger partial charge >= 0.3 is 0 Å². The molecule has 1 saturated carbocycles. The summed E-state index contributed by atoms with van der Waals surface area (Å²) in [5, 5.41) is 13.0. The van der Waals surface area contributed by atoms with Crippen molar-refractivity contribution in [3.05, 3.63) is 35.9 Å². The summed E-state index contributed by atoms with van der Waals surface area (Å²) in [7, 11) is 0. The second kappa shape index (κ2) is 6.86. The highest BCUT2D eigenvalue weighted by Gasteiger charge is 2.31. The molecule has 2 N–H and O–H groups in total. The van der Waals surface area contributed by atoms with Gasteiger partial charge in [0.05, 0.1) is 12.2 Å². The Balaban J connectivity index is 1.72. The lowest BCUT2D eigenvalue weighted by molar-refractivity contribution is -0.133. The molecular formula is C16H23NO3. The molecule has 0 heterocycles. The van der Waals surface area contributed by atoms with Crippen molar-refractivity contribution in [2.24, 2.45) is 0 Å². The molecule has 1 aliphatic carbocycles. The van der Waals surface area contributed by atoms with Crippen LogP contribution in [-0.2, 0) is 16.1 Å². The molecule has 0 radical (unpaired) electrons. The van der Waals surface area contributed by atoms with E-state index in [0.29, 0.717) is 13.2 Å². The molecule has 110 valence electrons. The van der Waals surface area contributed by atoms with E-state index in [4.69, 9.17) is 4.74 Å². The van der Waals surface area contributed by atoms with Crippen molar-refractivity contribution in [2.75, 3.05) is 6.54 Å². The molecule has 1 fully saturated rings. The number of carbonyl (C=O) groups excluding carboxylic acids is 1. The van der Waals surface area contributed by atoms with Gasteiger partial charge in [-0.05, 0) is 25.3 Å². The summed E-state index contributed by atoms with van der Waals surface area (Å²) >= 11 is 0. The van der Waals surface area contributed by atoms with E-state index in [2.05, 4.69) is 5.32 Å². The van der Waals surface area contributed by atoms with Gasteiger partial charge in [-0.25, -0.2) is 0 Å². The molecule has 1 aliphatic rings. The number of rotatable bonds is 6. The first-order valence-electron chi connectivity index (χ1n) is 7.25. The fraction of sp³-hybridized carbons (Fsp3) is 0.562. The Morgan fingerprint density at radius 2 is 2.00 bits per heavy atom. The second-order valence-corrected chi connectivity index (χ2v) is 5.59. The summed E-state index contributed by atoms with van der Waals surface area (Å²) < 4.78 is 5.54. The summed E-state index contributed by atoms with van der Waals surface area (Å²) in [5.41, 5.74) is 0.330. The maximum Gasteiger partial charge on any atom is 0.248 e. The van der Waals surface area contributed by atoms with Crippen LogP contribution >= 0.6 is 0 Å². The molecule has 0 aliphatic heterocycles. The Bertz CT molecular complexity index is 427. The quantitative estimate of drug-likeness (QED) is 0.836. The largest absolute Gasteiger partial charge is 0.388 e. The summed E-state index contributed by atoms with van der Waals surface area (Å²) in [6.45, 7) is 2.47. The summed E-state index contributed by atoms with van der Waals surface area (Å²) in [6, 6.07) is 9.76. The molecule has 4 heteroatoms. The lowest BCUT2D eigenvalue weighted by atomic mass is 10.0. The molecule has 1 amide bonds. The maximum atomic E-state index is 11.9. The van der Waals surface area contributed by atoms with Gasteiger partial charge in [-0.2, -0.15) is 0 Å². The van der Waals surface area contributed by atoms with E-state index < -0.39 is 11.7 Å². The Kier molecular flexibility index (Phi) is 5.15. The molecule has 0 bridgehead atoms. The smallest absolute Gasteiger partial charge is 0.248 e. The zero-order valence-corrected chi connectivity index (χ0v) is 12.0. The topological polar surface area (TPSA) is 58.6 Å². The average Bonchev–Trinajstić information content (AvgIpc) is 2.90. The van der Waals surface area contributed by atoms with Gasteiger partial charge in [0, 0.05) is 6.54 Å². The van der Waals surface area contributed by atoms with E-state index in [9.17, 15) is 9.90 Å². The van der Waals surface area contributed by atoms with Gasteiger partial charge in [0.15, 0.2) is 0 Å². The highest BCUT2D eigenvalue weighted by Crippen LogP contribution is 2.28. The van der Waals surface area contributed by atoms with Gasteiger partial charge in [-0.3, -0.25) is 4.79 Å². The summed E-state index contributed by atoms with van der Waals surface area (Å²) in [5.74, 6) is -0.166. The minimum absolute atomic E-state index is 0.166. The predicted molar refractivity (Wildman–Crippen MR) is 77.1 cm³/mol. The number of aliphatic hydroxyl groups is 1. The number of benzene rings is 1. The first kappa shape index (κ1) is 15.0. The lowest BCUT2D eigenvalue weighted by Crippen LogP contribution is -2.44. The van der Waals surface area contributed by atoms with Crippen LogP contribution in [0.5, 0.6) is 0 Å². The van der Waals surface area contributed by atoms with Crippen LogP contribution in [0.4, 0.5) is 0 Å². The number of amides is 1. The third-order valence-electron chi connectivity index (χ3n) is 3.84. The minimum Gasteiger partial charge on any atom is -0.388 e. The van der Waals surface area contributed by atoms with Gasteiger partial charge in [0.25, 0.3) is 0 Å². The van der Waals surface area contributed by atoms with Crippen LogP contribution in [0.15, 0.2) is 30.3 Å². The molecule has 0 saturated heterocycles. The third-order valence-corrected chi connectivity index (χ3v) is 3.84. The van der Waals surface area contributed by atoms with Gasteiger partial charge in [-0.15, -0.1) is 0 Å². The van der Waals surface area contributed by atoms with Gasteiger partial charge in [-0.1, -0.05) is 43.2 Å². The molecule has 0 spiro atoms. The number of hydrogen-bond acceptors (Lipinski definition) is 3. The first-order chi connectivity index (χ1) is 9.59. The molecule has 0 aromatic heterocycles. The predicted octanol–water partition coefficient (Wildman–Crippen LogP) is 2.01. The minimum atomic E-state index is -0.713. The fourth-order valence-corrected chi connectivity index (χ4v) is 2.48. The van der Waals surface area contributed by atoms with Crippen molar-refractivity contribution in [3.63, 3.8) is 0 Å². The second-order valence-electron chi connectivity index (χ2n) is 5.59.